The maximum Gasteiger partial charge on any atom is 0.254 e. The zero-order valence-corrected chi connectivity index (χ0v) is 17.1. The average Bonchev–Trinajstić information content (AvgIpc) is 2.73. The quantitative estimate of drug-likeness (QED) is 0.618. The number of nitrogens with zero attached hydrogens (tertiary/aromatic N) is 4. The van der Waals surface area contributed by atoms with Crippen LogP contribution in [0.15, 0.2) is 60.9 Å². The molecule has 30 heavy (non-hydrogen) atoms. The molecule has 2 aromatic carbocycles. The molecule has 1 amide bonds. The Bertz CT molecular complexity index is 1060. The molecule has 0 spiro atoms. The van der Waals surface area contributed by atoms with Gasteiger partial charge in [0.2, 0.25) is 5.88 Å². The van der Waals surface area contributed by atoms with Crippen LogP contribution >= 0.6 is 11.6 Å². The van der Waals surface area contributed by atoms with Gasteiger partial charge in [0.15, 0.2) is 0 Å². The summed E-state index contributed by atoms with van der Waals surface area (Å²) in [7, 11) is 0. The van der Waals surface area contributed by atoms with Crippen molar-refractivity contribution >= 4 is 23.3 Å². The molecule has 6 nitrogen and oxygen atoms in total. The van der Waals surface area contributed by atoms with Gasteiger partial charge in [-0.15, -0.1) is 0 Å². The van der Waals surface area contributed by atoms with Crippen LogP contribution in [0.1, 0.15) is 17.3 Å². The van der Waals surface area contributed by atoms with E-state index in [2.05, 4.69) is 14.9 Å². The molecule has 1 aromatic heterocycles. The third-order valence-electron chi connectivity index (χ3n) is 4.93. The number of ether oxygens (including phenoxy) is 1. The van der Waals surface area contributed by atoms with Crippen LogP contribution in [-0.4, -0.2) is 46.5 Å². The highest BCUT2D eigenvalue weighted by Crippen LogP contribution is 2.25. The minimum Gasteiger partial charge on any atom is -0.439 e. The number of hydrogen-bond donors (Lipinski definition) is 0. The molecule has 3 aromatic rings. The van der Waals surface area contributed by atoms with Gasteiger partial charge in [-0.2, -0.15) is 0 Å². The number of halogens is 2. The molecule has 0 N–H and O–H groups in total. The molecule has 1 saturated heterocycles. The molecule has 0 aliphatic carbocycles. The lowest BCUT2D eigenvalue weighted by atomic mass is 10.1. The van der Waals surface area contributed by atoms with E-state index in [1.54, 1.807) is 42.5 Å². The minimum atomic E-state index is -0.379. The molecule has 1 unspecified atom stereocenters. The smallest absolute Gasteiger partial charge is 0.254 e. The average molecular weight is 427 g/mol. The van der Waals surface area contributed by atoms with E-state index in [0.717, 1.165) is 0 Å². The van der Waals surface area contributed by atoms with E-state index < -0.39 is 0 Å². The number of aromatic nitrogens is 2. The van der Waals surface area contributed by atoms with Crippen LogP contribution in [0.2, 0.25) is 5.02 Å². The Kier molecular flexibility index (Phi) is 5.81. The molecular formula is C22H20ClFN4O2. The maximum absolute atomic E-state index is 13.4. The number of piperazine rings is 1. The first-order valence-electron chi connectivity index (χ1n) is 9.56. The molecule has 0 radical (unpaired) electrons. The fraction of sp³-hybridized carbons (Fsp3) is 0.227. The summed E-state index contributed by atoms with van der Waals surface area (Å²) in [4.78, 5) is 25.2. The topological polar surface area (TPSA) is 58.6 Å². The summed E-state index contributed by atoms with van der Waals surface area (Å²) in [6, 6.07) is 14.6. The molecule has 1 aliphatic rings. The normalized spacial score (nSPS) is 16.4. The van der Waals surface area contributed by atoms with Gasteiger partial charge in [0.05, 0.1) is 0 Å². The lowest BCUT2D eigenvalue weighted by Crippen LogP contribution is -2.54. The molecule has 2 heterocycles. The van der Waals surface area contributed by atoms with Crippen molar-refractivity contribution in [1.82, 2.24) is 14.9 Å². The molecule has 8 heteroatoms. The summed E-state index contributed by atoms with van der Waals surface area (Å²) >= 11 is 6.02. The van der Waals surface area contributed by atoms with E-state index in [9.17, 15) is 9.18 Å². The number of carbonyl (C=O) groups excluding carboxylic acids is 1. The molecular weight excluding hydrogens is 407 g/mol. The Morgan fingerprint density at radius 2 is 1.97 bits per heavy atom. The first kappa shape index (κ1) is 20.1. The van der Waals surface area contributed by atoms with Crippen LogP contribution < -0.4 is 9.64 Å². The standard InChI is InChI=1S/C22H20ClFN4O2/c1-15-13-27(8-9-28(15)22(29)16-4-2-5-17(23)10-16)20-12-21(26-14-25-20)30-19-7-3-6-18(24)11-19/h2-7,10-12,14-15H,8-9,13H2,1H3. The lowest BCUT2D eigenvalue weighted by Gasteiger charge is -2.40. The van der Waals surface area contributed by atoms with Crippen molar-refractivity contribution in [2.24, 2.45) is 0 Å². The zero-order chi connectivity index (χ0) is 21.1. The van der Waals surface area contributed by atoms with Crippen LogP contribution in [-0.2, 0) is 0 Å². The third kappa shape index (κ3) is 4.52. The monoisotopic (exact) mass is 426 g/mol. The number of benzene rings is 2. The SMILES string of the molecule is CC1CN(c2cc(Oc3cccc(F)c3)ncn2)CCN1C(=O)c1cccc(Cl)c1. The van der Waals surface area contributed by atoms with Gasteiger partial charge in [-0.3, -0.25) is 4.79 Å². The Hall–Kier alpha value is -3.19. The number of rotatable bonds is 4. The summed E-state index contributed by atoms with van der Waals surface area (Å²) < 4.78 is 19.0. The molecule has 0 saturated carbocycles. The summed E-state index contributed by atoms with van der Waals surface area (Å²) in [6.45, 7) is 3.78. The predicted molar refractivity (Wildman–Crippen MR) is 113 cm³/mol. The van der Waals surface area contributed by atoms with E-state index in [0.29, 0.717) is 47.7 Å². The van der Waals surface area contributed by atoms with E-state index in [1.165, 1.54) is 18.5 Å². The van der Waals surface area contributed by atoms with Crippen LogP contribution in [0.4, 0.5) is 10.2 Å². The van der Waals surface area contributed by atoms with Gasteiger partial charge >= 0.3 is 0 Å². The predicted octanol–water partition coefficient (Wildman–Crippen LogP) is 4.41. The fourth-order valence-electron chi connectivity index (χ4n) is 3.46. The van der Waals surface area contributed by atoms with Gasteiger partial charge in [-0.1, -0.05) is 23.7 Å². The molecule has 4 rings (SSSR count). The zero-order valence-electron chi connectivity index (χ0n) is 16.3. The summed E-state index contributed by atoms with van der Waals surface area (Å²) in [6.07, 6.45) is 1.41. The van der Waals surface area contributed by atoms with Crippen molar-refractivity contribution in [3.05, 3.63) is 77.3 Å². The summed E-state index contributed by atoms with van der Waals surface area (Å²) in [5.74, 6) is 0.970. The molecule has 154 valence electrons. The minimum absolute atomic E-state index is 0.0206. The first-order valence-corrected chi connectivity index (χ1v) is 9.94. The molecule has 0 bridgehead atoms. The largest absolute Gasteiger partial charge is 0.439 e. The number of carbonyl (C=O) groups is 1. The summed E-state index contributed by atoms with van der Waals surface area (Å²) in [5, 5.41) is 0.541. The van der Waals surface area contributed by atoms with Crippen LogP contribution in [0.5, 0.6) is 11.6 Å². The van der Waals surface area contributed by atoms with E-state index in [1.807, 2.05) is 11.8 Å². The van der Waals surface area contributed by atoms with Crippen LogP contribution in [0.25, 0.3) is 0 Å². The van der Waals surface area contributed by atoms with Crippen LogP contribution in [0, 0.1) is 5.82 Å². The van der Waals surface area contributed by atoms with Gasteiger partial charge in [0.1, 0.15) is 23.7 Å². The highest BCUT2D eigenvalue weighted by molar-refractivity contribution is 6.30. The fourth-order valence-corrected chi connectivity index (χ4v) is 3.65. The molecule has 1 aliphatic heterocycles. The van der Waals surface area contributed by atoms with Crippen molar-refractivity contribution in [1.29, 1.82) is 0 Å². The van der Waals surface area contributed by atoms with Gasteiger partial charge in [0, 0.05) is 48.4 Å². The van der Waals surface area contributed by atoms with Gasteiger partial charge < -0.3 is 14.5 Å². The first-order chi connectivity index (χ1) is 14.5. The summed E-state index contributed by atoms with van der Waals surface area (Å²) in [5.41, 5.74) is 0.579. The number of amides is 1. The molecule has 1 fully saturated rings. The number of anilines is 1. The second-order valence-electron chi connectivity index (χ2n) is 7.08. The number of hydrogen-bond acceptors (Lipinski definition) is 5. The van der Waals surface area contributed by atoms with Gasteiger partial charge in [0.25, 0.3) is 5.91 Å². The van der Waals surface area contributed by atoms with E-state index in [-0.39, 0.29) is 17.8 Å². The second kappa shape index (κ2) is 8.67. The highest BCUT2D eigenvalue weighted by Gasteiger charge is 2.29. The van der Waals surface area contributed by atoms with Crippen molar-refractivity contribution in [3.63, 3.8) is 0 Å². The van der Waals surface area contributed by atoms with Crippen molar-refractivity contribution in [3.8, 4) is 11.6 Å². The Morgan fingerprint density at radius 1 is 1.13 bits per heavy atom. The highest BCUT2D eigenvalue weighted by atomic mass is 35.5. The molecule has 1 atom stereocenters. The van der Waals surface area contributed by atoms with Crippen LogP contribution in [0.3, 0.4) is 0 Å². The van der Waals surface area contributed by atoms with Gasteiger partial charge in [-0.05, 0) is 37.3 Å². The maximum atomic E-state index is 13.4. The van der Waals surface area contributed by atoms with E-state index >= 15 is 0 Å². The lowest BCUT2D eigenvalue weighted by molar-refractivity contribution is 0.0673. The van der Waals surface area contributed by atoms with Crippen molar-refractivity contribution < 1.29 is 13.9 Å². The Balaban J connectivity index is 1.45. The van der Waals surface area contributed by atoms with Crippen molar-refractivity contribution in [2.45, 2.75) is 13.0 Å². The second-order valence-corrected chi connectivity index (χ2v) is 7.51. The Morgan fingerprint density at radius 3 is 2.73 bits per heavy atom. The van der Waals surface area contributed by atoms with Crippen molar-refractivity contribution in [2.75, 3.05) is 24.5 Å². The third-order valence-corrected chi connectivity index (χ3v) is 5.17. The van der Waals surface area contributed by atoms with Gasteiger partial charge in [-0.25, -0.2) is 14.4 Å². The Labute approximate surface area is 178 Å². The van der Waals surface area contributed by atoms with E-state index in [4.69, 9.17) is 16.3 Å².